The average Bonchev–Trinajstić information content (AvgIpc) is 1.80. The molecule has 1 heterocycles. The van der Waals surface area contributed by atoms with E-state index >= 15 is 0 Å². The summed E-state index contributed by atoms with van der Waals surface area (Å²) in [4.78, 5) is 12.3. The highest BCUT2D eigenvalue weighted by Gasteiger charge is 2.45. The second kappa shape index (κ2) is 2.99. The highest BCUT2D eigenvalue weighted by Crippen LogP contribution is 2.27. The Balaban J connectivity index is 2.29. The first kappa shape index (κ1) is 9.42. The first-order valence-electron chi connectivity index (χ1n) is 4.06. The highest BCUT2D eigenvalue weighted by atomic mass is 19.3. The molecule has 0 radical (unpaired) electrons. The Morgan fingerprint density at radius 3 is 2.33 bits per heavy atom. The quantitative estimate of drug-likeness (QED) is 0.626. The first-order chi connectivity index (χ1) is 5.41. The van der Waals surface area contributed by atoms with Gasteiger partial charge in [0.25, 0.3) is 5.92 Å². The van der Waals surface area contributed by atoms with Crippen molar-refractivity contribution in [3.05, 3.63) is 0 Å². The molecule has 1 fully saturated rings. The lowest BCUT2D eigenvalue weighted by Gasteiger charge is -2.39. The zero-order valence-electron chi connectivity index (χ0n) is 7.31. The molecule has 12 heavy (non-hydrogen) atoms. The molecule has 1 aliphatic heterocycles. The lowest BCUT2D eigenvalue weighted by atomic mass is 10.1. The minimum Gasteiger partial charge on any atom is -0.330 e. The normalized spacial score (nSPS) is 20.9. The molecule has 1 aliphatic rings. The van der Waals surface area contributed by atoms with E-state index in [2.05, 4.69) is 0 Å². The van der Waals surface area contributed by atoms with Crippen LogP contribution in [-0.4, -0.2) is 29.8 Å². The molecule has 0 bridgehead atoms. The fourth-order valence-corrected chi connectivity index (χ4v) is 1.17. The van der Waals surface area contributed by atoms with Gasteiger partial charge in [-0.1, -0.05) is 13.8 Å². The second-order valence-electron chi connectivity index (χ2n) is 3.70. The number of carbonyl (C=O) groups excluding carboxylic acids is 1. The molecule has 2 nitrogen and oxygen atoms in total. The Bertz CT molecular complexity index is 183. The summed E-state index contributed by atoms with van der Waals surface area (Å²) in [5.74, 6) is -2.55. The third-order valence-electron chi connectivity index (χ3n) is 1.78. The maximum Gasteiger partial charge on any atom is 0.282 e. The van der Waals surface area contributed by atoms with Crippen molar-refractivity contribution in [2.75, 3.05) is 13.1 Å². The van der Waals surface area contributed by atoms with Crippen LogP contribution in [-0.2, 0) is 4.79 Å². The van der Waals surface area contributed by atoms with E-state index in [1.165, 1.54) is 4.90 Å². The van der Waals surface area contributed by atoms with Crippen LogP contribution in [0.1, 0.15) is 20.3 Å². The van der Waals surface area contributed by atoms with Crippen molar-refractivity contribution in [2.45, 2.75) is 26.2 Å². The summed E-state index contributed by atoms with van der Waals surface area (Å²) in [6, 6.07) is 0. The van der Waals surface area contributed by atoms with E-state index in [1.54, 1.807) is 0 Å². The van der Waals surface area contributed by atoms with Gasteiger partial charge in [0.2, 0.25) is 5.91 Å². The van der Waals surface area contributed by atoms with Gasteiger partial charge in [-0.3, -0.25) is 4.79 Å². The van der Waals surface area contributed by atoms with Crippen LogP contribution in [0.2, 0.25) is 0 Å². The van der Waals surface area contributed by atoms with Gasteiger partial charge in [-0.2, -0.15) is 0 Å². The van der Waals surface area contributed by atoms with Gasteiger partial charge in [0.05, 0.1) is 13.1 Å². The van der Waals surface area contributed by atoms with Crippen LogP contribution in [0.15, 0.2) is 0 Å². The van der Waals surface area contributed by atoms with E-state index in [0.717, 1.165) is 0 Å². The van der Waals surface area contributed by atoms with Crippen molar-refractivity contribution in [3.8, 4) is 0 Å². The van der Waals surface area contributed by atoms with Crippen molar-refractivity contribution in [1.29, 1.82) is 0 Å². The zero-order valence-corrected chi connectivity index (χ0v) is 7.31. The Morgan fingerprint density at radius 1 is 1.50 bits per heavy atom. The highest BCUT2D eigenvalue weighted by molar-refractivity contribution is 5.77. The summed E-state index contributed by atoms with van der Waals surface area (Å²) in [7, 11) is 0. The Labute approximate surface area is 70.5 Å². The Hall–Kier alpha value is -0.670. The van der Waals surface area contributed by atoms with E-state index in [1.807, 2.05) is 13.8 Å². The summed E-state index contributed by atoms with van der Waals surface area (Å²) < 4.78 is 24.6. The van der Waals surface area contributed by atoms with E-state index in [9.17, 15) is 13.6 Å². The van der Waals surface area contributed by atoms with Crippen molar-refractivity contribution < 1.29 is 13.6 Å². The van der Waals surface area contributed by atoms with Crippen LogP contribution >= 0.6 is 0 Å². The third-order valence-corrected chi connectivity index (χ3v) is 1.78. The van der Waals surface area contributed by atoms with Crippen LogP contribution in [0.3, 0.4) is 0 Å². The van der Waals surface area contributed by atoms with Crippen molar-refractivity contribution in [3.63, 3.8) is 0 Å². The van der Waals surface area contributed by atoms with Gasteiger partial charge in [0.1, 0.15) is 0 Å². The molecule has 1 amide bonds. The van der Waals surface area contributed by atoms with Gasteiger partial charge < -0.3 is 4.90 Å². The van der Waals surface area contributed by atoms with E-state index < -0.39 is 19.0 Å². The van der Waals surface area contributed by atoms with Gasteiger partial charge in [-0.05, 0) is 5.92 Å². The maximum atomic E-state index is 12.3. The SMILES string of the molecule is CC(C)CC(=O)N1CC(F)(F)C1. The average molecular weight is 177 g/mol. The number of rotatable bonds is 2. The number of halogens is 2. The summed E-state index contributed by atoms with van der Waals surface area (Å²) in [6.45, 7) is 3.02. The number of alkyl halides is 2. The largest absolute Gasteiger partial charge is 0.330 e. The first-order valence-corrected chi connectivity index (χ1v) is 4.06. The van der Waals surface area contributed by atoms with Crippen LogP contribution in [0.5, 0.6) is 0 Å². The van der Waals surface area contributed by atoms with Crippen molar-refractivity contribution in [2.24, 2.45) is 5.92 Å². The van der Waals surface area contributed by atoms with Gasteiger partial charge in [-0.25, -0.2) is 8.78 Å². The molecule has 0 unspecified atom stereocenters. The van der Waals surface area contributed by atoms with Crippen LogP contribution < -0.4 is 0 Å². The number of hydrogen-bond donors (Lipinski definition) is 0. The summed E-state index contributed by atoms with van der Waals surface area (Å²) >= 11 is 0. The van der Waals surface area contributed by atoms with Gasteiger partial charge in [0.15, 0.2) is 0 Å². The number of carbonyl (C=O) groups is 1. The van der Waals surface area contributed by atoms with Crippen molar-refractivity contribution in [1.82, 2.24) is 4.90 Å². The van der Waals surface area contributed by atoms with Crippen molar-refractivity contribution >= 4 is 5.91 Å². The maximum absolute atomic E-state index is 12.3. The van der Waals surface area contributed by atoms with Crippen LogP contribution in [0.25, 0.3) is 0 Å². The summed E-state index contributed by atoms with van der Waals surface area (Å²) in [5.41, 5.74) is 0. The molecule has 0 aliphatic carbocycles. The van der Waals surface area contributed by atoms with E-state index in [-0.39, 0.29) is 11.8 Å². The lowest BCUT2D eigenvalue weighted by molar-refractivity contribution is -0.166. The molecule has 1 rings (SSSR count). The number of amides is 1. The molecule has 4 heteroatoms. The standard InChI is InChI=1S/C8H13F2NO/c1-6(2)3-7(12)11-4-8(9,10)5-11/h6H,3-5H2,1-2H3. The van der Waals surface area contributed by atoms with E-state index in [4.69, 9.17) is 0 Å². The zero-order chi connectivity index (χ0) is 9.35. The van der Waals surface area contributed by atoms with Gasteiger partial charge in [-0.15, -0.1) is 0 Å². The molecule has 0 saturated carbocycles. The second-order valence-corrected chi connectivity index (χ2v) is 3.70. The molecule has 0 aromatic rings. The van der Waals surface area contributed by atoms with Gasteiger partial charge in [0, 0.05) is 6.42 Å². The Kier molecular flexibility index (Phi) is 2.35. The molecule has 0 atom stereocenters. The smallest absolute Gasteiger partial charge is 0.282 e. The Morgan fingerprint density at radius 2 is 2.00 bits per heavy atom. The van der Waals surface area contributed by atoms with E-state index in [0.29, 0.717) is 6.42 Å². The molecule has 0 aromatic heterocycles. The van der Waals surface area contributed by atoms with Crippen LogP contribution in [0, 0.1) is 5.92 Å². The lowest BCUT2D eigenvalue weighted by Crippen LogP contribution is -2.58. The van der Waals surface area contributed by atoms with Crippen LogP contribution in [0.4, 0.5) is 8.78 Å². The molecule has 0 aromatic carbocycles. The third kappa shape index (κ3) is 2.16. The number of hydrogen-bond acceptors (Lipinski definition) is 1. The monoisotopic (exact) mass is 177 g/mol. The molecule has 70 valence electrons. The predicted molar refractivity (Wildman–Crippen MR) is 41.0 cm³/mol. The predicted octanol–water partition coefficient (Wildman–Crippen LogP) is 1.51. The number of likely N-dealkylation sites (tertiary alicyclic amines) is 1. The molecule has 1 saturated heterocycles. The summed E-state index contributed by atoms with van der Waals surface area (Å²) in [6.07, 6.45) is 0.371. The molecular weight excluding hydrogens is 164 g/mol. The fraction of sp³-hybridized carbons (Fsp3) is 0.875. The van der Waals surface area contributed by atoms with Gasteiger partial charge >= 0.3 is 0 Å². The number of nitrogens with zero attached hydrogens (tertiary/aromatic N) is 1. The topological polar surface area (TPSA) is 20.3 Å². The fourth-order valence-electron chi connectivity index (χ4n) is 1.17. The molecule has 0 spiro atoms. The molecule has 0 N–H and O–H groups in total. The molecular formula is C8H13F2NO. The minimum atomic E-state index is -2.63. The minimum absolute atomic E-state index is 0.157. The summed E-state index contributed by atoms with van der Waals surface area (Å²) in [5, 5.41) is 0.